The molecule has 2 aromatic carbocycles. The van der Waals surface area contributed by atoms with Crippen molar-refractivity contribution >= 4 is 29.5 Å². The topological polar surface area (TPSA) is 202 Å². The Balaban J connectivity index is 1.40. The fraction of sp³-hybridized carbons (Fsp3) is 0.407. The summed E-state index contributed by atoms with van der Waals surface area (Å²) >= 11 is 0. The van der Waals surface area contributed by atoms with E-state index in [9.17, 15) is 15.0 Å². The Morgan fingerprint density at radius 2 is 1.70 bits per heavy atom. The molecule has 5 rings (SSSR count). The molecule has 0 radical (unpaired) electrons. The summed E-state index contributed by atoms with van der Waals surface area (Å²) in [5.41, 5.74) is 18.8. The number of aliphatic hydroxyl groups is 1. The lowest BCUT2D eigenvalue weighted by molar-refractivity contribution is 0.0731. The van der Waals surface area contributed by atoms with Crippen molar-refractivity contribution in [1.29, 1.82) is 0 Å². The molecule has 40 heavy (non-hydrogen) atoms. The predicted molar refractivity (Wildman–Crippen MR) is 151 cm³/mol. The standard InChI is InChI=1S/C27H35N9O4/c28-12-16-13-35(9-8-22(16)37)26-32-25(33-27(34-26)36-14-17(29)10-18(30)15-36)31-19-6-7-21(23(38)11-19)24(39)40-20-4-2-1-3-5-20/h1-7,11,16-18,22,37-38H,8-10,12-15,28-30H2,(H,31,32,33,34)/t16-,17-,18+,22+/m1/s1. The summed E-state index contributed by atoms with van der Waals surface area (Å²) in [6, 6.07) is 12.9. The number of phenols is 1. The number of ether oxygens (including phenoxy) is 1. The number of aliphatic hydroxyl groups excluding tert-OH is 1. The first-order valence-corrected chi connectivity index (χ1v) is 13.3. The number of nitrogens with one attached hydrogen (secondary N) is 1. The molecule has 13 nitrogen and oxygen atoms in total. The number of piperidine rings is 2. The van der Waals surface area contributed by atoms with Crippen LogP contribution in [0.2, 0.25) is 0 Å². The van der Waals surface area contributed by atoms with Gasteiger partial charge in [-0.2, -0.15) is 15.0 Å². The van der Waals surface area contributed by atoms with Gasteiger partial charge in [-0.05, 0) is 43.7 Å². The van der Waals surface area contributed by atoms with Crippen molar-refractivity contribution in [2.24, 2.45) is 23.1 Å². The molecule has 2 aliphatic rings. The van der Waals surface area contributed by atoms with E-state index in [0.717, 1.165) is 0 Å². The van der Waals surface area contributed by atoms with Gasteiger partial charge in [0.25, 0.3) is 0 Å². The van der Waals surface area contributed by atoms with Gasteiger partial charge in [0, 0.05) is 55.9 Å². The average molecular weight is 550 g/mol. The third-order valence-electron chi connectivity index (χ3n) is 7.12. The maximum atomic E-state index is 12.6. The number of nitrogens with two attached hydrogens (primary N) is 3. The molecule has 0 aliphatic carbocycles. The van der Waals surface area contributed by atoms with Gasteiger partial charge in [0.2, 0.25) is 17.8 Å². The van der Waals surface area contributed by atoms with Crippen molar-refractivity contribution in [3.05, 3.63) is 54.1 Å². The van der Waals surface area contributed by atoms with Gasteiger partial charge in [0.1, 0.15) is 17.1 Å². The molecule has 1 aromatic heterocycles. The normalized spacial score (nSPS) is 23.1. The van der Waals surface area contributed by atoms with Crippen LogP contribution in [0.25, 0.3) is 0 Å². The quantitative estimate of drug-likeness (QED) is 0.176. The van der Waals surface area contributed by atoms with Crippen LogP contribution >= 0.6 is 0 Å². The van der Waals surface area contributed by atoms with Gasteiger partial charge in [-0.25, -0.2) is 4.79 Å². The van der Waals surface area contributed by atoms with E-state index in [2.05, 4.69) is 15.3 Å². The molecule has 0 spiro atoms. The zero-order chi connectivity index (χ0) is 28.2. The number of rotatable bonds is 7. The molecular weight excluding hydrogens is 514 g/mol. The molecule has 9 N–H and O–H groups in total. The zero-order valence-corrected chi connectivity index (χ0v) is 22.1. The van der Waals surface area contributed by atoms with Gasteiger partial charge < -0.3 is 47.3 Å². The Morgan fingerprint density at radius 1 is 1.00 bits per heavy atom. The Kier molecular flexibility index (Phi) is 8.26. The lowest BCUT2D eigenvalue weighted by Crippen LogP contribution is -2.53. The summed E-state index contributed by atoms with van der Waals surface area (Å²) in [5, 5.41) is 24.0. The maximum Gasteiger partial charge on any atom is 0.347 e. The molecule has 212 valence electrons. The molecule has 3 aromatic rings. The summed E-state index contributed by atoms with van der Waals surface area (Å²) in [6.45, 7) is 2.48. The third kappa shape index (κ3) is 6.39. The van der Waals surface area contributed by atoms with Crippen LogP contribution in [0.15, 0.2) is 48.5 Å². The highest BCUT2D eigenvalue weighted by molar-refractivity contribution is 5.94. The van der Waals surface area contributed by atoms with Gasteiger partial charge in [-0.15, -0.1) is 0 Å². The molecule has 4 atom stereocenters. The molecule has 0 amide bonds. The third-order valence-corrected chi connectivity index (χ3v) is 7.12. The van der Waals surface area contributed by atoms with Crippen molar-refractivity contribution < 1.29 is 19.7 Å². The fourth-order valence-electron chi connectivity index (χ4n) is 5.03. The Bertz CT molecular complexity index is 1320. The lowest BCUT2D eigenvalue weighted by atomic mass is 9.95. The number of para-hydroxylation sites is 1. The second-order valence-corrected chi connectivity index (χ2v) is 10.3. The molecular formula is C27H35N9O4. The van der Waals surface area contributed by atoms with E-state index in [0.29, 0.717) is 68.9 Å². The summed E-state index contributed by atoms with van der Waals surface area (Å²) < 4.78 is 5.34. The van der Waals surface area contributed by atoms with E-state index in [1.54, 1.807) is 30.3 Å². The Morgan fingerprint density at radius 3 is 2.38 bits per heavy atom. The van der Waals surface area contributed by atoms with Crippen molar-refractivity contribution in [3.63, 3.8) is 0 Å². The zero-order valence-electron chi connectivity index (χ0n) is 22.1. The van der Waals surface area contributed by atoms with Crippen LogP contribution in [0.1, 0.15) is 23.2 Å². The van der Waals surface area contributed by atoms with E-state index in [1.165, 1.54) is 12.1 Å². The first-order valence-electron chi connectivity index (χ1n) is 13.3. The van der Waals surface area contributed by atoms with E-state index < -0.39 is 12.1 Å². The average Bonchev–Trinajstić information content (AvgIpc) is 2.93. The smallest absolute Gasteiger partial charge is 0.347 e. The number of aromatic hydroxyl groups is 1. The number of nitrogens with zero attached hydrogens (tertiary/aromatic N) is 5. The molecule has 2 aliphatic heterocycles. The second-order valence-electron chi connectivity index (χ2n) is 10.3. The number of phenolic OH excluding ortho intramolecular Hbond substituents is 1. The second kappa shape index (κ2) is 12.0. The lowest BCUT2D eigenvalue weighted by Gasteiger charge is -2.37. The number of carbonyl (C=O) groups excluding carboxylic acids is 1. The number of carbonyl (C=O) groups is 1. The summed E-state index contributed by atoms with van der Waals surface area (Å²) in [5.74, 6) is 0.408. The van der Waals surface area contributed by atoms with Gasteiger partial charge in [-0.1, -0.05) is 18.2 Å². The maximum absolute atomic E-state index is 12.6. The van der Waals surface area contributed by atoms with E-state index in [4.69, 9.17) is 26.9 Å². The number of esters is 1. The van der Waals surface area contributed by atoms with Crippen LogP contribution in [0.5, 0.6) is 11.5 Å². The molecule has 2 fully saturated rings. The van der Waals surface area contributed by atoms with E-state index in [1.807, 2.05) is 15.9 Å². The van der Waals surface area contributed by atoms with E-state index >= 15 is 0 Å². The van der Waals surface area contributed by atoms with Crippen molar-refractivity contribution in [1.82, 2.24) is 15.0 Å². The fourth-order valence-corrected chi connectivity index (χ4v) is 5.03. The molecule has 2 saturated heterocycles. The predicted octanol–water partition coefficient (Wildman–Crippen LogP) is 0.551. The highest BCUT2D eigenvalue weighted by atomic mass is 16.5. The van der Waals surface area contributed by atoms with Crippen LogP contribution in [0.4, 0.5) is 23.5 Å². The molecule has 0 saturated carbocycles. The number of benzene rings is 2. The molecule has 0 bridgehead atoms. The number of anilines is 4. The summed E-state index contributed by atoms with van der Waals surface area (Å²) in [4.78, 5) is 30.5. The Labute approximate surface area is 232 Å². The minimum Gasteiger partial charge on any atom is -0.507 e. The minimum absolute atomic E-state index is 0.0161. The highest BCUT2D eigenvalue weighted by Gasteiger charge is 2.30. The number of aromatic nitrogens is 3. The number of hydrogen-bond donors (Lipinski definition) is 6. The molecule has 0 unspecified atom stereocenters. The molecule has 3 heterocycles. The summed E-state index contributed by atoms with van der Waals surface area (Å²) in [6.07, 6.45) is 0.771. The van der Waals surface area contributed by atoms with Gasteiger partial charge in [0.05, 0.1) is 6.10 Å². The van der Waals surface area contributed by atoms with Gasteiger partial charge >= 0.3 is 5.97 Å². The van der Waals surface area contributed by atoms with Crippen molar-refractivity contribution in [3.8, 4) is 11.5 Å². The van der Waals surface area contributed by atoms with E-state index in [-0.39, 0.29) is 35.3 Å². The van der Waals surface area contributed by atoms with Crippen molar-refractivity contribution in [2.75, 3.05) is 47.8 Å². The Hall–Kier alpha value is -4.04. The first kappa shape index (κ1) is 27.5. The van der Waals surface area contributed by atoms with Crippen LogP contribution < -0.4 is 37.1 Å². The first-order chi connectivity index (χ1) is 19.3. The minimum atomic E-state index is -0.681. The van der Waals surface area contributed by atoms with Gasteiger partial charge in [-0.3, -0.25) is 0 Å². The SMILES string of the molecule is NC[C@@H]1CN(c2nc(Nc3ccc(C(=O)Oc4ccccc4)c(O)c3)nc(N3C[C@H](N)C[C@H](N)C3)n2)CC[C@@H]1O. The van der Waals surface area contributed by atoms with Crippen LogP contribution in [0.3, 0.4) is 0 Å². The van der Waals surface area contributed by atoms with Crippen molar-refractivity contribution in [2.45, 2.75) is 31.0 Å². The van der Waals surface area contributed by atoms with Crippen LogP contribution in [-0.2, 0) is 0 Å². The van der Waals surface area contributed by atoms with Crippen LogP contribution in [0, 0.1) is 5.92 Å². The highest BCUT2D eigenvalue weighted by Crippen LogP contribution is 2.28. The monoisotopic (exact) mass is 549 g/mol. The van der Waals surface area contributed by atoms with Gasteiger partial charge in [0.15, 0.2) is 0 Å². The van der Waals surface area contributed by atoms with Crippen LogP contribution in [-0.4, -0.2) is 82.0 Å². The number of hydrogen-bond acceptors (Lipinski definition) is 13. The molecule has 13 heteroatoms. The largest absolute Gasteiger partial charge is 0.507 e. The summed E-state index contributed by atoms with van der Waals surface area (Å²) in [7, 11) is 0.